The van der Waals surface area contributed by atoms with Gasteiger partial charge in [0.15, 0.2) is 11.5 Å². The lowest BCUT2D eigenvalue weighted by Gasteiger charge is -2.34. The van der Waals surface area contributed by atoms with E-state index in [0.29, 0.717) is 22.8 Å². The van der Waals surface area contributed by atoms with Crippen molar-refractivity contribution in [1.82, 2.24) is 10.2 Å². The summed E-state index contributed by atoms with van der Waals surface area (Å²) in [6, 6.07) is 16.4. The molecule has 7 nitrogen and oxygen atoms in total. The van der Waals surface area contributed by atoms with Crippen LogP contribution in [0.4, 0.5) is 0 Å². The highest BCUT2D eigenvalue weighted by Gasteiger charge is 2.34. The summed E-state index contributed by atoms with van der Waals surface area (Å²) in [4.78, 5) is 30.6. The highest BCUT2D eigenvalue weighted by Crippen LogP contribution is 2.41. The van der Waals surface area contributed by atoms with Crippen molar-refractivity contribution in [3.8, 4) is 17.2 Å². The second-order valence-corrected chi connectivity index (χ2v) is 10.5. The molecule has 1 saturated carbocycles. The molecule has 1 fully saturated rings. The van der Waals surface area contributed by atoms with Gasteiger partial charge in [0.2, 0.25) is 17.6 Å². The first-order valence-electron chi connectivity index (χ1n) is 13.0. The largest absolute Gasteiger partial charge is 0.493 e. The lowest BCUT2D eigenvalue weighted by Crippen LogP contribution is -2.47. The van der Waals surface area contributed by atoms with Crippen molar-refractivity contribution in [3.05, 3.63) is 76.0 Å². The number of rotatable bonds is 11. The average Bonchev–Trinajstić information content (AvgIpc) is 3.46. The maximum atomic E-state index is 14.1. The summed E-state index contributed by atoms with van der Waals surface area (Å²) in [5.41, 5.74) is 1.54. The number of amides is 2. The van der Waals surface area contributed by atoms with Crippen LogP contribution in [-0.4, -0.2) is 44.1 Å². The number of benzene rings is 2. The predicted molar refractivity (Wildman–Crippen MR) is 149 cm³/mol. The normalized spacial score (nSPS) is 14.4. The number of thiophene rings is 1. The van der Waals surface area contributed by atoms with E-state index in [1.165, 1.54) is 17.8 Å². The van der Waals surface area contributed by atoms with Crippen LogP contribution >= 0.6 is 11.3 Å². The van der Waals surface area contributed by atoms with Crippen molar-refractivity contribution in [2.24, 2.45) is 0 Å². The summed E-state index contributed by atoms with van der Waals surface area (Å²) in [6.45, 7) is 0.282. The number of carbonyl (C=O) groups is 2. The van der Waals surface area contributed by atoms with Gasteiger partial charge in [0.05, 0.1) is 27.8 Å². The van der Waals surface area contributed by atoms with E-state index in [2.05, 4.69) is 5.32 Å². The van der Waals surface area contributed by atoms with Gasteiger partial charge in [-0.25, -0.2) is 0 Å². The number of nitrogens with zero attached hydrogens (tertiary/aromatic N) is 1. The fourth-order valence-corrected chi connectivity index (χ4v) is 5.72. The summed E-state index contributed by atoms with van der Waals surface area (Å²) in [5, 5.41) is 5.21. The third kappa shape index (κ3) is 6.67. The van der Waals surface area contributed by atoms with Gasteiger partial charge in [-0.05, 0) is 47.5 Å². The molecule has 0 bridgehead atoms. The van der Waals surface area contributed by atoms with Gasteiger partial charge in [0.25, 0.3) is 0 Å². The Morgan fingerprint density at radius 2 is 1.63 bits per heavy atom. The first kappa shape index (κ1) is 27.5. The number of ether oxygens (including phenoxy) is 3. The number of hydrogen-bond donors (Lipinski definition) is 1. The molecule has 1 aromatic heterocycles. The molecule has 1 aliphatic carbocycles. The molecule has 0 unspecified atom stereocenters. The minimum absolute atomic E-state index is 0.0896. The molecule has 1 N–H and O–H groups in total. The first-order chi connectivity index (χ1) is 18.5. The van der Waals surface area contributed by atoms with Crippen molar-refractivity contribution in [2.75, 3.05) is 21.3 Å². The molecule has 4 rings (SSSR count). The van der Waals surface area contributed by atoms with Crippen LogP contribution in [0.3, 0.4) is 0 Å². The van der Waals surface area contributed by atoms with Gasteiger partial charge in [0, 0.05) is 17.5 Å². The Morgan fingerprint density at radius 3 is 2.21 bits per heavy atom. The quantitative estimate of drug-likeness (QED) is 0.348. The maximum Gasteiger partial charge on any atom is 0.247 e. The molecule has 0 radical (unpaired) electrons. The van der Waals surface area contributed by atoms with Gasteiger partial charge in [-0.3, -0.25) is 9.59 Å². The fraction of sp³-hybridized carbons (Fsp3) is 0.400. The molecule has 1 heterocycles. The monoisotopic (exact) mass is 536 g/mol. The topological polar surface area (TPSA) is 77.1 Å². The molecule has 1 aliphatic rings. The molecule has 0 aliphatic heterocycles. The van der Waals surface area contributed by atoms with Crippen LogP contribution in [-0.2, 0) is 22.6 Å². The SMILES string of the molecule is COc1cc([C@@H](C(=O)NC2CCCCC2)N(Cc2ccccc2)C(=O)Cc2cccs2)cc(OC)c1OC. The number of carbonyl (C=O) groups excluding carboxylic acids is 2. The summed E-state index contributed by atoms with van der Waals surface area (Å²) in [7, 11) is 4.63. The number of methoxy groups -OCH3 is 3. The van der Waals surface area contributed by atoms with Crippen LogP contribution in [0.2, 0.25) is 0 Å². The van der Waals surface area contributed by atoms with Crippen molar-refractivity contribution in [1.29, 1.82) is 0 Å². The molecule has 38 heavy (non-hydrogen) atoms. The highest BCUT2D eigenvalue weighted by molar-refractivity contribution is 7.10. The van der Waals surface area contributed by atoms with E-state index in [1.54, 1.807) is 38.4 Å². The molecular formula is C30H36N2O5S. The van der Waals surface area contributed by atoms with E-state index in [0.717, 1.165) is 36.1 Å². The van der Waals surface area contributed by atoms with Crippen LogP contribution in [0, 0.1) is 0 Å². The van der Waals surface area contributed by atoms with Gasteiger partial charge < -0.3 is 24.4 Å². The minimum Gasteiger partial charge on any atom is -0.493 e. The molecule has 2 aromatic carbocycles. The van der Waals surface area contributed by atoms with Crippen LogP contribution in [0.1, 0.15) is 54.1 Å². The van der Waals surface area contributed by atoms with Gasteiger partial charge in [-0.2, -0.15) is 0 Å². The zero-order chi connectivity index (χ0) is 26.9. The molecule has 0 spiro atoms. The highest BCUT2D eigenvalue weighted by atomic mass is 32.1. The van der Waals surface area contributed by atoms with E-state index >= 15 is 0 Å². The fourth-order valence-electron chi connectivity index (χ4n) is 5.03. The minimum atomic E-state index is -0.890. The van der Waals surface area contributed by atoms with Crippen molar-refractivity contribution in [2.45, 2.75) is 57.2 Å². The summed E-state index contributed by atoms with van der Waals surface area (Å²) >= 11 is 1.53. The lowest BCUT2D eigenvalue weighted by molar-refractivity contribution is -0.141. The Kier molecular flexibility index (Phi) is 9.65. The van der Waals surface area contributed by atoms with Gasteiger partial charge in [-0.1, -0.05) is 55.7 Å². The lowest BCUT2D eigenvalue weighted by atomic mass is 9.94. The van der Waals surface area contributed by atoms with E-state index < -0.39 is 6.04 Å². The van der Waals surface area contributed by atoms with Crippen LogP contribution in [0.25, 0.3) is 0 Å². The van der Waals surface area contributed by atoms with Crippen LogP contribution in [0.15, 0.2) is 60.0 Å². The first-order valence-corrected chi connectivity index (χ1v) is 13.9. The summed E-state index contributed by atoms with van der Waals surface area (Å²) < 4.78 is 16.7. The molecule has 8 heteroatoms. The van der Waals surface area contributed by atoms with Gasteiger partial charge >= 0.3 is 0 Å². The number of nitrogens with one attached hydrogen (secondary N) is 1. The van der Waals surface area contributed by atoms with E-state index in [4.69, 9.17) is 14.2 Å². The third-order valence-corrected chi connectivity index (χ3v) is 7.81. The van der Waals surface area contributed by atoms with Crippen molar-refractivity contribution >= 4 is 23.2 Å². The van der Waals surface area contributed by atoms with Crippen molar-refractivity contribution < 1.29 is 23.8 Å². The zero-order valence-corrected chi connectivity index (χ0v) is 23.1. The Balaban J connectivity index is 1.79. The standard InChI is InChI=1S/C30H36N2O5S/c1-35-25-17-22(18-26(36-2)29(25)37-3)28(30(34)31-23-13-8-5-9-14-23)32(20-21-11-6-4-7-12-21)27(33)19-24-15-10-16-38-24/h4,6-7,10-12,15-18,23,28H,5,8-9,13-14,19-20H2,1-3H3,(H,31,34)/t28-/m0/s1. The van der Waals surface area contributed by atoms with E-state index in [-0.39, 0.29) is 30.8 Å². The van der Waals surface area contributed by atoms with Gasteiger partial charge in [-0.15, -0.1) is 11.3 Å². The zero-order valence-electron chi connectivity index (χ0n) is 22.3. The van der Waals surface area contributed by atoms with Crippen LogP contribution < -0.4 is 19.5 Å². The molecule has 1 atom stereocenters. The average molecular weight is 537 g/mol. The Morgan fingerprint density at radius 1 is 0.947 bits per heavy atom. The van der Waals surface area contributed by atoms with Gasteiger partial charge in [0.1, 0.15) is 6.04 Å². The smallest absolute Gasteiger partial charge is 0.247 e. The second-order valence-electron chi connectivity index (χ2n) is 9.47. The summed E-state index contributed by atoms with van der Waals surface area (Å²) in [6.07, 6.45) is 5.45. The summed E-state index contributed by atoms with van der Waals surface area (Å²) in [5.74, 6) is 0.963. The third-order valence-electron chi connectivity index (χ3n) is 6.94. The molecule has 3 aromatic rings. The van der Waals surface area contributed by atoms with Crippen molar-refractivity contribution in [3.63, 3.8) is 0 Å². The molecule has 202 valence electrons. The molecule has 0 saturated heterocycles. The Hall–Kier alpha value is -3.52. The Labute approximate surface area is 228 Å². The van der Waals surface area contributed by atoms with Crippen LogP contribution in [0.5, 0.6) is 17.2 Å². The molecular weight excluding hydrogens is 500 g/mol. The molecule has 2 amide bonds. The predicted octanol–water partition coefficient (Wildman–Crippen LogP) is 5.54. The second kappa shape index (κ2) is 13.3. The Bertz CT molecular complexity index is 1170. The van der Waals surface area contributed by atoms with E-state index in [9.17, 15) is 9.59 Å². The maximum absolute atomic E-state index is 14.1. The van der Waals surface area contributed by atoms with E-state index in [1.807, 2.05) is 47.8 Å². The number of hydrogen-bond acceptors (Lipinski definition) is 6.